The zero-order chi connectivity index (χ0) is 13.1. The van der Waals surface area contributed by atoms with Crippen LogP contribution in [-0.4, -0.2) is 25.2 Å². The van der Waals surface area contributed by atoms with Crippen LogP contribution in [0.2, 0.25) is 0 Å². The van der Waals surface area contributed by atoms with E-state index in [0.717, 1.165) is 12.8 Å². The molecular weight excluding hydrogens is 220 g/mol. The van der Waals surface area contributed by atoms with Gasteiger partial charge >= 0.3 is 11.9 Å². The summed E-state index contributed by atoms with van der Waals surface area (Å²) >= 11 is 0. The second-order valence-electron chi connectivity index (χ2n) is 4.48. The van der Waals surface area contributed by atoms with Crippen molar-refractivity contribution in [1.82, 2.24) is 0 Å². The molecule has 17 heavy (non-hydrogen) atoms. The van der Waals surface area contributed by atoms with Crippen molar-refractivity contribution < 1.29 is 19.1 Å². The molecule has 0 unspecified atom stereocenters. The summed E-state index contributed by atoms with van der Waals surface area (Å²) in [7, 11) is 0. The Morgan fingerprint density at radius 3 is 2.00 bits per heavy atom. The highest BCUT2D eigenvalue weighted by atomic mass is 16.5. The molecular formula is C13H24O4. The number of ether oxygens (including phenoxy) is 2. The highest BCUT2D eigenvalue weighted by Crippen LogP contribution is 2.03. The van der Waals surface area contributed by atoms with Gasteiger partial charge in [-0.3, -0.25) is 9.59 Å². The van der Waals surface area contributed by atoms with Crippen molar-refractivity contribution in [2.24, 2.45) is 5.92 Å². The molecule has 4 nitrogen and oxygen atoms in total. The maximum Gasteiger partial charge on any atom is 0.305 e. The molecule has 0 radical (unpaired) electrons. The third-order valence-electron chi connectivity index (χ3n) is 2.19. The highest BCUT2D eigenvalue weighted by molar-refractivity contribution is 5.72. The Labute approximate surface area is 104 Å². The smallest absolute Gasteiger partial charge is 0.305 e. The Morgan fingerprint density at radius 2 is 1.53 bits per heavy atom. The van der Waals surface area contributed by atoms with E-state index >= 15 is 0 Å². The molecule has 4 heteroatoms. The van der Waals surface area contributed by atoms with E-state index < -0.39 is 0 Å². The van der Waals surface area contributed by atoms with Crippen LogP contribution in [0.4, 0.5) is 0 Å². The summed E-state index contributed by atoms with van der Waals surface area (Å²) < 4.78 is 9.92. The van der Waals surface area contributed by atoms with Crippen LogP contribution in [0.1, 0.15) is 52.9 Å². The fraction of sp³-hybridized carbons (Fsp3) is 0.846. The predicted octanol–water partition coefficient (Wildman–Crippen LogP) is 2.70. The first-order chi connectivity index (χ1) is 8.06. The molecule has 0 aliphatic heterocycles. The summed E-state index contributed by atoms with van der Waals surface area (Å²) in [5.41, 5.74) is 0. The van der Waals surface area contributed by atoms with Gasteiger partial charge in [0, 0.05) is 12.8 Å². The fourth-order valence-corrected chi connectivity index (χ4v) is 1.15. The van der Waals surface area contributed by atoms with Crippen LogP contribution in [0, 0.1) is 5.92 Å². The van der Waals surface area contributed by atoms with Gasteiger partial charge in [0.2, 0.25) is 0 Å². The number of carbonyl (C=O) groups excluding carboxylic acids is 2. The van der Waals surface area contributed by atoms with E-state index in [0.29, 0.717) is 38.4 Å². The molecule has 0 aromatic heterocycles. The lowest BCUT2D eigenvalue weighted by molar-refractivity contribution is -0.145. The van der Waals surface area contributed by atoms with Crippen molar-refractivity contribution in [1.29, 1.82) is 0 Å². The van der Waals surface area contributed by atoms with Gasteiger partial charge in [-0.1, -0.05) is 20.8 Å². The van der Waals surface area contributed by atoms with E-state index in [4.69, 9.17) is 9.47 Å². The molecule has 0 heterocycles. The van der Waals surface area contributed by atoms with Gasteiger partial charge in [0.05, 0.1) is 13.2 Å². The average molecular weight is 244 g/mol. The Hall–Kier alpha value is -1.06. The molecule has 0 rings (SSSR count). The Balaban J connectivity index is 3.41. The molecule has 0 aromatic rings. The van der Waals surface area contributed by atoms with Crippen LogP contribution in [0.15, 0.2) is 0 Å². The third kappa shape index (κ3) is 11.2. The Bertz CT molecular complexity index is 223. The van der Waals surface area contributed by atoms with Gasteiger partial charge < -0.3 is 9.47 Å². The molecule has 100 valence electrons. The third-order valence-corrected chi connectivity index (χ3v) is 2.19. The van der Waals surface area contributed by atoms with Crippen molar-refractivity contribution in [3.63, 3.8) is 0 Å². The molecule has 0 saturated heterocycles. The lowest BCUT2D eigenvalue weighted by Crippen LogP contribution is -2.09. The van der Waals surface area contributed by atoms with Gasteiger partial charge in [-0.2, -0.15) is 0 Å². The van der Waals surface area contributed by atoms with E-state index in [1.807, 2.05) is 6.92 Å². The maximum atomic E-state index is 11.2. The highest BCUT2D eigenvalue weighted by Gasteiger charge is 2.07. The SMILES string of the molecule is CCCOC(=O)CCCC(=O)OCCC(C)C. The Morgan fingerprint density at radius 1 is 1.00 bits per heavy atom. The number of hydrogen-bond acceptors (Lipinski definition) is 4. The van der Waals surface area contributed by atoms with Crippen molar-refractivity contribution in [2.45, 2.75) is 52.9 Å². The lowest BCUT2D eigenvalue weighted by Gasteiger charge is -2.06. The first-order valence-electron chi connectivity index (χ1n) is 6.37. The average Bonchev–Trinajstić information content (AvgIpc) is 2.25. The summed E-state index contributed by atoms with van der Waals surface area (Å²) in [5, 5.41) is 0. The number of esters is 2. The molecule has 0 aliphatic rings. The van der Waals surface area contributed by atoms with Crippen LogP contribution in [-0.2, 0) is 19.1 Å². The first kappa shape index (κ1) is 15.9. The van der Waals surface area contributed by atoms with E-state index in [1.54, 1.807) is 0 Å². The van der Waals surface area contributed by atoms with Crippen molar-refractivity contribution in [3.05, 3.63) is 0 Å². The second-order valence-corrected chi connectivity index (χ2v) is 4.48. The Kier molecular flexibility index (Phi) is 9.49. The molecule has 0 atom stereocenters. The molecule has 0 amide bonds. The minimum atomic E-state index is -0.234. The van der Waals surface area contributed by atoms with Gasteiger partial charge in [0.25, 0.3) is 0 Å². The standard InChI is InChI=1S/C13H24O4/c1-4-9-16-12(14)6-5-7-13(15)17-10-8-11(2)3/h11H,4-10H2,1-3H3. The minimum Gasteiger partial charge on any atom is -0.466 e. The molecule has 0 fully saturated rings. The fourth-order valence-electron chi connectivity index (χ4n) is 1.15. The van der Waals surface area contributed by atoms with Gasteiger partial charge in [0.1, 0.15) is 0 Å². The van der Waals surface area contributed by atoms with Gasteiger partial charge in [-0.25, -0.2) is 0 Å². The van der Waals surface area contributed by atoms with Crippen LogP contribution in [0.25, 0.3) is 0 Å². The van der Waals surface area contributed by atoms with E-state index in [1.165, 1.54) is 0 Å². The summed E-state index contributed by atoms with van der Waals surface area (Å²) in [5.74, 6) is 0.0718. The quantitative estimate of drug-likeness (QED) is 0.585. The van der Waals surface area contributed by atoms with E-state index in [2.05, 4.69) is 13.8 Å². The van der Waals surface area contributed by atoms with Crippen molar-refractivity contribution >= 4 is 11.9 Å². The normalized spacial score (nSPS) is 10.4. The minimum absolute atomic E-state index is 0.228. The van der Waals surface area contributed by atoms with Crippen molar-refractivity contribution in [3.8, 4) is 0 Å². The zero-order valence-electron chi connectivity index (χ0n) is 11.2. The van der Waals surface area contributed by atoms with Crippen LogP contribution in [0.5, 0.6) is 0 Å². The number of rotatable bonds is 9. The molecule has 0 aromatic carbocycles. The molecule has 0 aliphatic carbocycles. The van der Waals surface area contributed by atoms with Crippen LogP contribution in [0.3, 0.4) is 0 Å². The van der Waals surface area contributed by atoms with Crippen LogP contribution >= 0.6 is 0 Å². The van der Waals surface area contributed by atoms with E-state index in [-0.39, 0.29) is 11.9 Å². The van der Waals surface area contributed by atoms with Gasteiger partial charge in [-0.15, -0.1) is 0 Å². The number of hydrogen-bond donors (Lipinski definition) is 0. The summed E-state index contributed by atoms with van der Waals surface area (Å²) in [4.78, 5) is 22.4. The molecule has 0 spiro atoms. The summed E-state index contributed by atoms with van der Waals surface area (Å²) in [6.07, 6.45) is 2.79. The summed E-state index contributed by atoms with van der Waals surface area (Å²) in [6, 6.07) is 0. The predicted molar refractivity (Wildman–Crippen MR) is 65.5 cm³/mol. The second kappa shape index (κ2) is 10.1. The molecule has 0 N–H and O–H groups in total. The lowest BCUT2D eigenvalue weighted by atomic mass is 10.1. The summed E-state index contributed by atoms with van der Waals surface area (Å²) in [6.45, 7) is 7.03. The van der Waals surface area contributed by atoms with Gasteiger partial charge in [0.15, 0.2) is 0 Å². The first-order valence-corrected chi connectivity index (χ1v) is 6.37. The van der Waals surface area contributed by atoms with E-state index in [9.17, 15) is 9.59 Å². The topological polar surface area (TPSA) is 52.6 Å². The largest absolute Gasteiger partial charge is 0.466 e. The molecule has 0 bridgehead atoms. The zero-order valence-corrected chi connectivity index (χ0v) is 11.2. The van der Waals surface area contributed by atoms with Crippen LogP contribution < -0.4 is 0 Å². The van der Waals surface area contributed by atoms with Gasteiger partial charge in [-0.05, 0) is 25.2 Å². The monoisotopic (exact) mass is 244 g/mol. The van der Waals surface area contributed by atoms with Crippen molar-refractivity contribution in [2.75, 3.05) is 13.2 Å². The number of carbonyl (C=O) groups is 2. The molecule has 0 saturated carbocycles. The maximum absolute atomic E-state index is 11.2.